The highest BCUT2D eigenvalue weighted by atomic mass is 32.2. The predicted molar refractivity (Wildman–Crippen MR) is 129 cm³/mol. The predicted octanol–water partition coefficient (Wildman–Crippen LogP) is 2.86. The van der Waals surface area contributed by atoms with Gasteiger partial charge in [-0.25, -0.2) is 12.7 Å². The molecule has 0 spiro atoms. The smallest absolute Gasteiger partial charge is 0.257 e. The van der Waals surface area contributed by atoms with Crippen molar-refractivity contribution in [2.45, 2.75) is 37.6 Å². The number of hydrogen-bond donors (Lipinski definition) is 1. The van der Waals surface area contributed by atoms with E-state index >= 15 is 0 Å². The van der Waals surface area contributed by atoms with Gasteiger partial charge in [0.1, 0.15) is 5.00 Å². The zero-order valence-corrected chi connectivity index (χ0v) is 20.9. The number of hydrogen-bond acceptors (Lipinski definition) is 6. The van der Waals surface area contributed by atoms with Gasteiger partial charge in [-0.05, 0) is 55.6 Å². The summed E-state index contributed by atoms with van der Waals surface area (Å²) in [5.41, 5.74) is 2.03. The monoisotopic (exact) mass is 490 g/mol. The Morgan fingerprint density at radius 1 is 1.09 bits per heavy atom. The van der Waals surface area contributed by atoms with Gasteiger partial charge < -0.3 is 10.2 Å². The third-order valence-corrected chi connectivity index (χ3v) is 9.27. The van der Waals surface area contributed by atoms with E-state index in [9.17, 15) is 18.0 Å². The minimum absolute atomic E-state index is 0.00215. The van der Waals surface area contributed by atoms with Crippen LogP contribution in [0.25, 0.3) is 0 Å². The lowest BCUT2D eigenvalue weighted by molar-refractivity contribution is 0.0792. The molecule has 1 saturated heterocycles. The van der Waals surface area contributed by atoms with Crippen LogP contribution in [0.15, 0.2) is 29.2 Å². The van der Waals surface area contributed by atoms with E-state index in [2.05, 4.69) is 17.1 Å². The molecule has 10 heteroatoms. The lowest BCUT2D eigenvalue weighted by atomic mass is 10.0. The molecule has 1 fully saturated rings. The first-order valence-corrected chi connectivity index (χ1v) is 13.5. The van der Waals surface area contributed by atoms with Crippen LogP contribution in [-0.2, 0) is 23.0 Å². The number of carbonyl (C=O) groups is 2. The summed E-state index contributed by atoms with van der Waals surface area (Å²) < 4.78 is 25.7. The van der Waals surface area contributed by atoms with Crippen molar-refractivity contribution in [3.05, 3.63) is 45.8 Å². The molecule has 1 aromatic carbocycles. The van der Waals surface area contributed by atoms with E-state index in [1.54, 1.807) is 0 Å². The van der Waals surface area contributed by atoms with E-state index in [4.69, 9.17) is 0 Å². The number of nitrogens with zero attached hydrogens (tertiary/aromatic N) is 3. The Bertz CT molecular complexity index is 1150. The van der Waals surface area contributed by atoms with E-state index in [0.29, 0.717) is 16.1 Å². The van der Waals surface area contributed by atoms with Crippen LogP contribution in [0.3, 0.4) is 0 Å². The van der Waals surface area contributed by atoms with Gasteiger partial charge in [0.2, 0.25) is 10.0 Å². The van der Waals surface area contributed by atoms with Gasteiger partial charge in [-0.3, -0.25) is 14.5 Å². The standard InChI is InChI=1S/C23H30N4O4S2/c1-4-26-14-11-18-19(15-26)32-22(20(18)23(29)27-12-5-6-13-27)24-21(28)16-7-9-17(10-8-16)33(30,31)25(2)3/h7-10H,4-6,11-15H2,1-3H3,(H,24,28). The van der Waals surface area contributed by atoms with Gasteiger partial charge in [0.25, 0.3) is 11.8 Å². The summed E-state index contributed by atoms with van der Waals surface area (Å²) in [5.74, 6) is -0.358. The molecule has 2 aliphatic heterocycles. The molecule has 2 aromatic rings. The average molecular weight is 491 g/mol. The molecule has 0 atom stereocenters. The van der Waals surface area contributed by atoms with E-state index < -0.39 is 10.0 Å². The number of anilines is 1. The van der Waals surface area contributed by atoms with Crippen LogP contribution in [0.4, 0.5) is 5.00 Å². The normalized spacial score (nSPS) is 16.8. The van der Waals surface area contributed by atoms with Gasteiger partial charge in [0, 0.05) is 50.7 Å². The zero-order chi connectivity index (χ0) is 23.8. The number of likely N-dealkylation sites (tertiary alicyclic amines) is 1. The van der Waals surface area contributed by atoms with Gasteiger partial charge in [0.15, 0.2) is 0 Å². The second-order valence-electron chi connectivity index (χ2n) is 8.59. The van der Waals surface area contributed by atoms with Crippen molar-refractivity contribution in [3.8, 4) is 0 Å². The Labute approximate surface area is 199 Å². The Balaban J connectivity index is 1.62. The summed E-state index contributed by atoms with van der Waals surface area (Å²) in [6, 6.07) is 5.86. The van der Waals surface area contributed by atoms with Gasteiger partial charge >= 0.3 is 0 Å². The molecule has 33 heavy (non-hydrogen) atoms. The summed E-state index contributed by atoms with van der Waals surface area (Å²) >= 11 is 1.48. The molecule has 0 unspecified atom stereocenters. The van der Waals surface area contributed by atoms with Crippen molar-refractivity contribution >= 4 is 38.2 Å². The van der Waals surface area contributed by atoms with E-state index in [1.807, 2.05) is 4.90 Å². The maximum absolute atomic E-state index is 13.4. The van der Waals surface area contributed by atoms with Crippen molar-refractivity contribution in [1.29, 1.82) is 0 Å². The number of carbonyl (C=O) groups excluding carboxylic acids is 2. The minimum atomic E-state index is -3.57. The Morgan fingerprint density at radius 3 is 2.36 bits per heavy atom. The molecule has 0 saturated carbocycles. The summed E-state index contributed by atoms with van der Waals surface area (Å²) in [6.45, 7) is 6.24. The fraction of sp³-hybridized carbons (Fsp3) is 0.478. The van der Waals surface area contributed by atoms with E-state index in [0.717, 1.165) is 66.7 Å². The first-order chi connectivity index (χ1) is 15.7. The zero-order valence-electron chi connectivity index (χ0n) is 19.3. The molecule has 1 aromatic heterocycles. The molecular weight excluding hydrogens is 460 g/mol. The molecule has 0 radical (unpaired) electrons. The number of fused-ring (bicyclic) bond motifs is 1. The molecule has 178 valence electrons. The molecule has 0 aliphatic carbocycles. The first-order valence-electron chi connectivity index (χ1n) is 11.2. The summed E-state index contributed by atoms with van der Waals surface area (Å²) in [5, 5.41) is 3.54. The quantitative estimate of drug-likeness (QED) is 0.673. The number of thiophene rings is 1. The fourth-order valence-electron chi connectivity index (χ4n) is 4.28. The van der Waals surface area contributed by atoms with Crippen LogP contribution in [0.1, 0.15) is 50.9 Å². The van der Waals surface area contributed by atoms with Crippen molar-refractivity contribution in [1.82, 2.24) is 14.1 Å². The van der Waals surface area contributed by atoms with Gasteiger partial charge in [-0.1, -0.05) is 6.92 Å². The van der Waals surface area contributed by atoms with Crippen LogP contribution in [0.5, 0.6) is 0 Å². The van der Waals surface area contributed by atoms with Crippen LogP contribution in [0.2, 0.25) is 0 Å². The van der Waals surface area contributed by atoms with Crippen LogP contribution >= 0.6 is 11.3 Å². The number of rotatable bonds is 6. The second-order valence-corrected chi connectivity index (χ2v) is 11.8. The molecule has 0 bridgehead atoms. The van der Waals surface area contributed by atoms with Crippen LogP contribution in [-0.4, -0.2) is 74.6 Å². The van der Waals surface area contributed by atoms with Gasteiger partial charge in [0.05, 0.1) is 10.5 Å². The van der Waals surface area contributed by atoms with Crippen molar-refractivity contribution in [2.24, 2.45) is 0 Å². The molecular formula is C23H30N4O4S2. The van der Waals surface area contributed by atoms with Crippen LogP contribution < -0.4 is 5.32 Å². The number of sulfonamides is 1. The summed E-state index contributed by atoms with van der Waals surface area (Å²) in [7, 11) is -0.636. The van der Waals surface area contributed by atoms with Crippen molar-refractivity contribution < 1.29 is 18.0 Å². The number of amides is 2. The second kappa shape index (κ2) is 9.54. The average Bonchev–Trinajstić information content (AvgIpc) is 3.46. The summed E-state index contributed by atoms with van der Waals surface area (Å²) in [6.07, 6.45) is 2.80. The topological polar surface area (TPSA) is 90.0 Å². The molecule has 8 nitrogen and oxygen atoms in total. The number of likely N-dealkylation sites (N-methyl/N-ethyl adjacent to an activating group) is 1. The van der Waals surface area contributed by atoms with E-state index in [1.165, 1.54) is 49.7 Å². The first kappa shape index (κ1) is 23.9. The minimum Gasteiger partial charge on any atom is -0.339 e. The molecule has 1 N–H and O–H groups in total. The largest absolute Gasteiger partial charge is 0.339 e. The molecule has 2 aliphatic rings. The SMILES string of the molecule is CCN1CCc2c(sc(NC(=O)c3ccc(S(=O)(=O)N(C)C)cc3)c2C(=O)N2CCCC2)C1. The highest BCUT2D eigenvalue weighted by molar-refractivity contribution is 7.89. The lowest BCUT2D eigenvalue weighted by Gasteiger charge is -2.26. The Morgan fingerprint density at radius 2 is 1.76 bits per heavy atom. The van der Waals surface area contributed by atoms with Gasteiger partial charge in [-0.15, -0.1) is 11.3 Å². The van der Waals surface area contributed by atoms with Gasteiger partial charge in [-0.2, -0.15) is 0 Å². The van der Waals surface area contributed by atoms with E-state index in [-0.39, 0.29) is 16.7 Å². The molecule has 3 heterocycles. The lowest BCUT2D eigenvalue weighted by Crippen LogP contribution is -2.32. The summed E-state index contributed by atoms with van der Waals surface area (Å²) in [4.78, 5) is 31.9. The van der Waals surface area contributed by atoms with Crippen LogP contribution in [0, 0.1) is 0 Å². The number of nitrogens with one attached hydrogen (secondary N) is 1. The number of benzene rings is 1. The maximum Gasteiger partial charge on any atom is 0.257 e. The third-order valence-electron chi connectivity index (χ3n) is 6.31. The third kappa shape index (κ3) is 4.70. The molecule has 4 rings (SSSR count). The highest BCUT2D eigenvalue weighted by Gasteiger charge is 2.31. The maximum atomic E-state index is 13.4. The molecule has 2 amide bonds. The Kier molecular flexibility index (Phi) is 6.90. The van der Waals surface area contributed by atoms with Crippen molar-refractivity contribution in [2.75, 3.05) is 45.6 Å². The highest BCUT2D eigenvalue weighted by Crippen LogP contribution is 2.38. The Hall–Kier alpha value is -2.27. The van der Waals surface area contributed by atoms with Crippen molar-refractivity contribution in [3.63, 3.8) is 0 Å². The fourth-order valence-corrected chi connectivity index (χ4v) is 6.46.